The van der Waals surface area contributed by atoms with E-state index in [9.17, 15) is 8.78 Å². The highest BCUT2D eigenvalue weighted by molar-refractivity contribution is 9.10. The Morgan fingerprint density at radius 3 is 2.57 bits per heavy atom. The van der Waals surface area contributed by atoms with Gasteiger partial charge in [-0.3, -0.25) is 0 Å². The Labute approximate surface area is 132 Å². The third kappa shape index (κ3) is 4.61. The number of hydrogen-bond donors (Lipinski definition) is 1. The van der Waals surface area contributed by atoms with Crippen LogP contribution in [0.1, 0.15) is 11.1 Å². The first kappa shape index (κ1) is 16.1. The quantitative estimate of drug-likeness (QED) is 0.813. The molecule has 0 amide bonds. The number of halogens is 3. The second-order valence-corrected chi connectivity index (χ2v) is 5.97. The van der Waals surface area contributed by atoms with E-state index in [4.69, 9.17) is 0 Å². The van der Waals surface area contributed by atoms with E-state index in [0.717, 1.165) is 30.5 Å². The molecule has 4 heteroatoms. The zero-order valence-corrected chi connectivity index (χ0v) is 13.5. The predicted octanol–water partition coefficient (Wildman–Crippen LogP) is 4.35. The Morgan fingerprint density at radius 2 is 1.86 bits per heavy atom. The monoisotopic (exact) mass is 353 g/mol. The Morgan fingerprint density at radius 1 is 1.10 bits per heavy atom. The topological polar surface area (TPSA) is 12.0 Å². The maximum Gasteiger partial charge on any atom is 0.137 e. The van der Waals surface area contributed by atoms with Crippen molar-refractivity contribution >= 4 is 15.9 Å². The van der Waals surface area contributed by atoms with Crippen molar-refractivity contribution in [3.8, 4) is 0 Å². The molecule has 0 spiro atoms. The molecule has 1 unspecified atom stereocenters. The van der Waals surface area contributed by atoms with E-state index in [-0.39, 0.29) is 17.6 Å². The molecule has 2 aromatic rings. The summed E-state index contributed by atoms with van der Waals surface area (Å²) in [4.78, 5) is 0. The molecular weight excluding hydrogens is 336 g/mol. The lowest BCUT2D eigenvalue weighted by atomic mass is 9.92. The molecule has 0 saturated heterocycles. The summed E-state index contributed by atoms with van der Waals surface area (Å²) in [7, 11) is 1.89. The van der Waals surface area contributed by atoms with Crippen LogP contribution in [0.3, 0.4) is 0 Å². The molecule has 2 rings (SSSR count). The van der Waals surface area contributed by atoms with Gasteiger partial charge in [0.2, 0.25) is 0 Å². The van der Waals surface area contributed by atoms with Crippen molar-refractivity contribution in [2.24, 2.45) is 5.92 Å². The van der Waals surface area contributed by atoms with Gasteiger partial charge in [-0.05, 0) is 77.6 Å². The van der Waals surface area contributed by atoms with Crippen LogP contribution in [0.15, 0.2) is 46.9 Å². The summed E-state index contributed by atoms with van der Waals surface area (Å²) in [6.45, 7) is 0.791. The molecule has 0 heterocycles. The molecule has 21 heavy (non-hydrogen) atoms. The lowest BCUT2D eigenvalue weighted by Crippen LogP contribution is -2.23. The van der Waals surface area contributed by atoms with E-state index in [1.165, 1.54) is 12.1 Å². The van der Waals surface area contributed by atoms with Gasteiger partial charge in [0.1, 0.15) is 11.6 Å². The fourth-order valence-electron chi connectivity index (χ4n) is 2.52. The van der Waals surface area contributed by atoms with E-state index in [1.54, 1.807) is 18.2 Å². The van der Waals surface area contributed by atoms with E-state index < -0.39 is 0 Å². The fraction of sp³-hybridized carbons (Fsp3) is 0.294. The smallest absolute Gasteiger partial charge is 0.137 e. The van der Waals surface area contributed by atoms with E-state index in [2.05, 4.69) is 21.2 Å². The molecule has 0 aromatic heterocycles. The lowest BCUT2D eigenvalue weighted by molar-refractivity contribution is 0.489. The van der Waals surface area contributed by atoms with Crippen LogP contribution in [-0.4, -0.2) is 13.6 Å². The van der Waals surface area contributed by atoms with E-state index in [0.29, 0.717) is 4.47 Å². The number of nitrogens with one attached hydrogen (secondary N) is 1. The molecule has 0 radical (unpaired) electrons. The zero-order valence-electron chi connectivity index (χ0n) is 11.9. The van der Waals surface area contributed by atoms with Crippen molar-refractivity contribution in [1.82, 2.24) is 5.32 Å². The average Bonchev–Trinajstić information content (AvgIpc) is 2.44. The van der Waals surface area contributed by atoms with Gasteiger partial charge >= 0.3 is 0 Å². The lowest BCUT2D eigenvalue weighted by Gasteiger charge is -2.18. The summed E-state index contributed by atoms with van der Waals surface area (Å²) in [5, 5.41) is 3.15. The second kappa shape index (κ2) is 7.66. The first-order valence-electron chi connectivity index (χ1n) is 6.92. The molecule has 0 saturated carbocycles. The molecule has 112 valence electrons. The molecule has 1 atom stereocenters. The average molecular weight is 354 g/mol. The van der Waals surface area contributed by atoms with Crippen molar-refractivity contribution in [3.05, 3.63) is 69.7 Å². The van der Waals surface area contributed by atoms with E-state index in [1.807, 2.05) is 19.2 Å². The SMILES string of the molecule is CNCC(Cc1cccc(F)c1)Cc1cccc(F)c1Br. The summed E-state index contributed by atoms with van der Waals surface area (Å²) < 4.78 is 27.4. The van der Waals surface area contributed by atoms with Crippen molar-refractivity contribution < 1.29 is 8.78 Å². The number of hydrogen-bond acceptors (Lipinski definition) is 1. The van der Waals surface area contributed by atoms with Crippen molar-refractivity contribution in [1.29, 1.82) is 0 Å². The summed E-state index contributed by atoms with van der Waals surface area (Å²) in [6, 6.07) is 11.7. The van der Waals surface area contributed by atoms with Gasteiger partial charge in [0.25, 0.3) is 0 Å². The summed E-state index contributed by atoms with van der Waals surface area (Å²) >= 11 is 3.30. The molecule has 0 bridgehead atoms. The largest absolute Gasteiger partial charge is 0.319 e. The highest BCUT2D eigenvalue weighted by Crippen LogP contribution is 2.24. The third-order valence-electron chi connectivity index (χ3n) is 3.45. The molecule has 1 N–H and O–H groups in total. The van der Waals surface area contributed by atoms with Gasteiger partial charge in [-0.2, -0.15) is 0 Å². The summed E-state index contributed by atoms with van der Waals surface area (Å²) in [5.74, 6) is -0.195. The molecule has 2 aromatic carbocycles. The van der Waals surface area contributed by atoms with Crippen molar-refractivity contribution in [2.75, 3.05) is 13.6 Å². The van der Waals surface area contributed by atoms with Crippen LogP contribution in [0, 0.1) is 17.6 Å². The van der Waals surface area contributed by atoms with Gasteiger partial charge in [0.05, 0.1) is 4.47 Å². The van der Waals surface area contributed by atoms with Crippen LogP contribution >= 0.6 is 15.9 Å². The summed E-state index contributed by atoms with van der Waals surface area (Å²) in [6.07, 6.45) is 1.48. The molecule has 1 nitrogen and oxygen atoms in total. The highest BCUT2D eigenvalue weighted by atomic mass is 79.9. The van der Waals surface area contributed by atoms with Crippen molar-refractivity contribution in [2.45, 2.75) is 12.8 Å². The first-order valence-corrected chi connectivity index (χ1v) is 7.71. The Kier molecular flexibility index (Phi) is 5.88. The first-order chi connectivity index (χ1) is 10.1. The van der Waals surface area contributed by atoms with Gasteiger partial charge in [0.15, 0.2) is 0 Å². The van der Waals surface area contributed by atoms with Gasteiger partial charge < -0.3 is 5.32 Å². The Bertz CT molecular complexity index is 601. The minimum Gasteiger partial charge on any atom is -0.319 e. The third-order valence-corrected chi connectivity index (χ3v) is 4.33. The number of benzene rings is 2. The van der Waals surface area contributed by atoms with Gasteiger partial charge in [-0.25, -0.2) is 8.78 Å². The van der Waals surface area contributed by atoms with Gasteiger partial charge in [0, 0.05) is 0 Å². The van der Waals surface area contributed by atoms with Crippen LogP contribution in [-0.2, 0) is 12.8 Å². The standard InChI is InChI=1S/C17H18BrF2N/c1-21-11-13(8-12-4-2-6-15(19)10-12)9-14-5-3-7-16(20)17(14)18/h2-7,10,13,21H,8-9,11H2,1H3. The van der Waals surface area contributed by atoms with Gasteiger partial charge in [-0.1, -0.05) is 24.3 Å². The van der Waals surface area contributed by atoms with Crippen LogP contribution in [0.4, 0.5) is 8.78 Å². The predicted molar refractivity (Wildman–Crippen MR) is 85.3 cm³/mol. The molecular formula is C17H18BrF2N. The minimum absolute atomic E-state index is 0.220. The normalized spacial score (nSPS) is 12.4. The molecule has 0 aliphatic carbocycles. The van der Waals surface area contributed by atoms with Crippen LogP contribution in [0.25, 0.3) is 0 Å². The van der Waals surface area contributed by atoms with Crippen LogP contribution < -0.4 is 5.32 Å². The maximum atomic E-state index is 13.6. The Balaban J connectivity index is 2.13. The second-order valence-electron chi connectivity index (χ2n) is 5.17. The van der Waals surface area contributed by atoms with Crippen LogP contribution in [0.5, 0.6) is 0 Å². The van der Waals surface area contributed by atoms with Gasteiger partial charge in [-0.15, -0.1) is 0 Å². The maximum absolute atomic E-state index is 13.6. The highest BCUT2D eigenvalue weighted by Gasteiger charge is 2.14. The fourth-order valence-corrected chi connectivity index (χ4v) is 2.95. The Hall–Kier alpha value is -1.26. The minimum atomic E-state index is -0.249. The molecule has 0 fully saturated rings. The molecule has 0 aliphatic heterocycles. The van der Waals surface area contributed by atoms with E-state index >= 15 is 0 Å². The van der Waals surface area contributed by atoms with Crippen LogP contribution in [0.2, 0.25) is 0 Å². The summed E-state index contributed by atoms with van der Waals surface area (Å²) in [5.41, 5.74) is 1.90. The number of rotatable bonds is 6. The molecule has 0 aliphatic rings. The zero-order chi connectivity index (χ0) is 15.2. The van der Waals surface area contributed by atoms with Crippen molar-refractivity contribution in [3.63, 3.8) is 0 Å².